The lowest BCUT2D eigenvalue weighted by molar-refractivity contribution is 0.257. The Balaban J connectivity index is 1.54. The molecule has 5 rings (SSSR count). The van der Waals surface area contributed by atoms with Crippen LogP contribution >= 0.6 is 23.2 Å². The Morgan fingerprint density at radius 3 is 2.56 bits per heavy atom. The van der Waals surface area contributed by atoms with Crippen LogP contribution in [-0.2, 0) is 0 Å². The second-order valence-corrected chi connectivity index (χ2v) is 8.52. The van der Waals surface area contributed by atoms with E-state index in [9.17, 15) is 5.11 Å². The highest BCUT2D eigenvalue weighted by atomic mass is 35.5. The average Bonchev–Trinajstić information content (AvgIpc) is 3.26. The average molecular weight is 403 g/mol. The van der Waals surface area contributed by atoms with Crippen molar-refractivity contribution < 1.29 is 5.11 Å². The number of piperazine rings is 1. The summed E-state index contributed by atoms with van der Waals surface area (Å²) in [6.45, 7) is 3.26. The van der Waals surface area contributed by atoms with Crippen molar-refractivity contribution in [3.63, 3.8) is 0 Å². The first-order valence-electron chi connectivity index (χ1n) is 9.10. The number of fused-ring (bicyclic) bond motifs is 1. The molecule has 1 aliphatic heterocycles. The zero-order valence-corrected chi connectivity index (χ0v) is 16.5. The molecule has 7 heteroatoms. The van der Waals surface area contributed by atoms with E-state index >= 15 is 0 Å². The number of aromatic amines is 1. The number of rotatable bonds is 2. The van der Waals surface area contributed by atoms with Crippen LogP contribution in [0.5, 0.6) is 5.75 Å². The Hall–Kier alpha value is -1.95. The number of anilines is 1. The molecule has 3 aromatic rings. The monoisotopic (exact) mass is 402 g/mol. The third kappa shape index (κ3) is 2.76. The fourth-order valence-electron chi connectivity index (χ4n) is 4.25. The summed E-state index contributed by atoms with van der Waals surface area (Å²) in [7, 11) is 2.20. The predicted molar refractivity (Wildman–Crippen MR) is 110 cm³/mol. The zero-order chi connectivity index (χ0) is 18.8. The summed E-state index contributed by atoms with van der Waals surface area (Å²) in [6, 6.07) is 9.84. The Bertz CT molecular complexity index is 1020. The van der Waals surface area contributed by atoms with Crippen LogP contribution in [0.25, 0.3) is 22.2 Å². The normalized spacial score (nSPS) is 19.1. The van der Waals surface area contributed by atoms with Crippen LogP contribution < -0.4 is 4.90 Å². The molecule has 0 radical (unpaired) electrons. The molecule has 1 aromatic heterocycles. The van der Waals surface area contributed by atoms with Gasteiger partial charge in [-0.2, -0.15) is 5.10 Å². The summed E-state index contributed by atoms with van der Waals surface area (Å²) in [5, 5.41) is 18.9. The first-order chi connectivity index (χ1) is 13.0. The van der Waals surface area contributed by atoms with E-state index in [4.69, 9.17) is 23.2 Å². The number of hydrogen-bond acceptors (Lipinski definition) is 4. The van der Waals surface area contributed by atoms with Crippen molar-refractivity contribution in [2.75, 3.05) is 31.6 Å². The van der Waals surface area contributed by atoms with E-state index in [-0.39, 0.29) is 15.8 Å². The Morgan fingerprint density at radius 2 is 1.85 bits per heavy atom. The maximum absolute atomic E-state index is 9.79. The topological polar surface area (TPSA) is 55.4 Å². The first kappa shape index (κ1) is 17.2. The molecule has 1 saturated carbocycles. The van der Waals surface area contributed by atoms with Crippen LogP contribution in [-0.4, -0.2) is 52.4 Å². The van der Waals surface area contributed by atoms with Gasteiger partial charge in [0.25, 0.3) is 0 Å². The van der Waals surface area contributed by atoms with Gasteiger partial charge in [0.2, 0.25) is 0 Å². The van der Waals surface area contributed by atoms with Gasteiger partial charge in [0.05, 0.1) is 21.1 Å². The molecule has 1 saturated heterocycles. The number of phenolic OH excluding ortho intramolecular Hbond substituents is 1. The van der Waals surface area contributed by atoms with Crippen LogP contribution in [0.1, 0.15) is 12.8 Å². The number of nitrogens with one attached hydrogen (secondary N) is 1. The van der Waals surface area contributed by atoms with Gasteiger partial charge in [0.15, 0.2) is 5.75 Å². The fourth-order valence-corrected chi connectivity index (χ4v) is 4.73. The molecule has 0 unspecified atom stereocenters. The lowest BCUT2D eigenvalue weighted by Crippen LogP contribution is -2.53. The third-order valence-electron chi connectivity index (χ3n) is 5.82. The van der Waals surface area contributed by atoms with Crippen LogP contribution in [0.4, 0.5) is 5.69 Å². The molecule has 140 valence electrons. The second-order valence-electron chi connectivity index (χ2n) is 7.70. The summed E-state index contributed by atoms with van der Waals surface area (Å²) < 4.78 is 0. The summed E-state index contributed by atoms with van der Waals surface area (Å²) in [5.41, 5.74) is 4.09. The number of H-pyrrole nitrogens is 1. The molecule has 2 fully saturated rings. The second kappa shape index (κ2) is 6.03. The van der Waals surface area contributed by atoms with Gasteiger partial charge in [0.1, 0.15) is 5.69 Å². The van der Waals surface area contributed by atoms with E-state index in [2.05, 4.69) is 45.2 Å². The van der Waals surface area contributed by atoms with Gasteiger partial charge in [0, 0.05) is 36.3 Å². The fraction of sp³-hybridized carbons (Fsp3) is 0.350. The van der Waals surface area contributed by atoms with Crippen LogP contribution in [0.2, 0.25) is 10.0 Å². The van der Waals surface area contributed by atoms with Gasteiger partial charge in [-0.1, -0.05) is 23.2 Å². The number of nitrogens with zero attached hydrogens (tertiary/aromatic N) is 3. The molecule has 27 heavy (non-hydrogen) atoms. The number of aromatic hydroxyl groups is 1. The van der Waals surface area contributed by atoms with Gasteiger partial charge < -0.3 is 14.9 Å². The standard InChI is InChI=1S/C20H20Cl2N4O/c1-25-6-7-26(20(11-25)4-5-20)13-2-3-14-17(10-13)23-24-18(14)12-8-15(21)19(27)16(22)9-12/h2-3,8-10,27H,4-7,11H2,1H3,(H,23,24). The van der Waals surface area contributed by atoms with Crippen molar-refractivity contribution in [2.24, 2.45) is 0 Å². The van der Waals surface area contributed by atoms with Gasteiger partial charge >= 0.3 is 0 Å². The molecule has 0 amide bonds. The van der Waals surface area contributed by atoms with E-state index in [1.807, 2.05) is 0 Å². The zero-order valence-electron chi connectivity index (χ0n) is 15.0. The summed E-state index contributed by atoms with van der Waals surface area (Å²) in [6.07, 6.45) is 2.52. The minimum Gasteiger partial charge on any atom is -0.505 e. The maximum atomic E-state index is 9.79. The van der Waals surface area contributed by atoms with Crippen molar-refractivity contribution in [3.8, 4) is 17.0 Å². The number of halogens is 2. The Labute approximate surface area is 167 Å². The molecule has 0 bridgehead atoms. The largest absolute Gasteiger partial charge is 0.505 e. The highest BCUT2D eigenvalue weighted by Gasteiger charge is 2.50. The molecule has 1 aliphatic carbocycles. The van der Waals surface area contributed by atoms with Gasteiger partial charge in [-0.3, -0.25) is 5.10 Å². The van der Waals surface area contributed by atoms with Crippen LogP contribution in [0, 0.1) is 0 Å². The van der Waals surface area contributed by atoms with Crippen molar-refractivity contribution in [2.45, 2.75) is 18.4 Å². The van der Waals surface area contributed by atoms with Gasteiger partial charge in [-0.05, 0) is 50.2 Å². The molecule has 1 spiro atoms. The van der Waals surface area contributed by atoms with Gasteiger partial charge in [-0.25, -0.2) is 0 Å². The van der Waals surface area contributed by atoms with Crippen LogP contribution in [0.15, 0.2) is 30.3 Å². The molecule has 2 N–H and O–H groups in total. The van der Waals surface area contributed by atoms with Crippen molar-refractivity contribution in [1.29, 1.82) is 0 Å². The summed E-state index contributed by atoms with van der Waals surface area (Å²) in [5.74, 6) is -0.103. The molecular weight excluding hydrogens is 383 g/mol. The lowest BCUT2D eigenvalue weighted by Gasteiger charge is -2.42. The number of hydrogen-bond donors (Lipinski definition) is 2. The van der Waals surface area contributed by atoms with Crippen molar-refractivity contribution in [3.05, 3.63) is 40.4 Å². The van der Waals surface area contributed by atoms with E-state index < -0.39 is 0 Å². The quantitative estimate of drug-likeness (QED) is 0.661. The highest BCUT2D eigenvalue weighted by Crippen LogP contribution is 2.47. The highest BCUT2D eigenvalue weighted by molar-refractivity contribution is 6.37. The third-order valence-corrected chi connectivity index (χ3v) is 6.39. The SMILES string of the molecule is CN1CCN(c2ccc3c(-c4cc(Cl)c(O)c(Cl)c4)n[nH]c3c2)C2(CC2)C1. The Morgan fingerprint density at radius 1 is 1.11 bits per heavy atom. The number of aromatic nitrogens is 2. The minimum atomic E-state index is -0.103. The molecule has 5 nitrogen and oxygen atoms in total. The molecule has 2 aliphatic rings. The summed E-state index contributed by atoms with van der Waals surface area (Å²) >= 11 is 12.2. The molecule has 2 aromatic carbocycles. The number of benzene rings is 2. The minimum absolute atomic E-state index is 0.103. The molecule has 0 atom stereocenters. The summed E-state index contributed by atoms with van der Waals surface area (Å²) in [4.78, 5) is 4.98. The molecule has 2 heterocycles. The van der Waals surface area contributed by atoms with E-state index in [0.29, 0.717) is 5.54 Å². The molecular formula is C20H20Cl2N4O. The maximum Gasteiger partial charge on any atom is 0.152 e. The van der Waals surface area contributed by atoms with Crippen molar-refractivity contribution in [1.82, 2.24) is 15.1 Å². The first-order valence-corrected chi connectivity index (χ1v) is 9.85. The number of phenols is 1. The predicted octanol–water partition coefficient (Wildman–Crippen LogP) is 4.53. The van der Waals surface area contributed by atoms with E-state index in [1.165, 1.54) is 18.5 Å². The number of likely N-dealkylation sites (N-methyl/N-ethyl adjacent to an activating group) is 1. The van der Waals surface area contributed by atoms with Crippen LogP contribution in [0.3, 0.4) is 0 Å². The smallest absolute Gasteiger partial charge is 0.152 e. The lowest BCUT2D eigenvalue weighted by atomic mass is 10.1. The van der Waals surface area contributed by atoms with Gasteiger partial charge in [-0.15, -0.1) is 0 Å². The van der Waals surface area contributed by atoms with E-state index in [0.717, 1.165) is 41.8 Å². The van der Waals surface area contributed by atoms with E-state index in [1.54, 1.807) is 12.1 Å². The van der Waals surface area contributed by atoms with Crippen molar-refractivity contribution >= 4 is 39.8 Å². The Kier molecular flexibility index (Phi) is 3.83.